The van der Waals surface area contributed by atoms with E-state index in [9.17, 15) is 29.4 Å². The lowest BCUT2D eigenvalue weighted by Gasteiger charge is -2.30. The average Bonchev–Trinajstić information content (AvgIpc) is 3.52. The maximum absolute atomic E-state index is 13.6. The molecular weight excluding hydrogens is 562 g/mol. The zero-order valence-electron chi connectivity index (χ0n) is 24.3. The third-order valence-corrected chi connectivity index (χ3v) is 7.77. The molecule has 4 amide bonds. The number of nitrogens with zero attached hydrogens (tertiary/aromatic N) is 1. The number of hydrogen-bond donors (Lipinski definition) is 6. The van der Waals surface area contributed by atoms with Gasteiger partial charge in [0.25, 0.3) is 5.91 Å². The number of nitrogens with one attached hydrogen (secondary N) is 2. The van der Waals surface area contributed by atoms with E-state index in [1.54, 1.807) is 60.7 Å². The summed E-state index contributed by atoms with van der Waals surface area (Å²) in [6, 6.07) is 20.5. The molecule has 0 aromatic heterocycles. The molecule has 3 aromatic rings. The quantitative estimate of drug-likeness (QED) is 0.165. The molecular formula is C33H39N5O6. The largest absolute Gasteiger partial charge is 0.508 e. The first-order valence-corrected chi connectivity index (χ1v) is 14.6. The first-order chi connectivity index (χ1) is 21.1. The average molecular weight is 602 g/mol. The Labute approximate surface area is 256 Å². The molecule has 11 nitrogen and oxygen atoms in total. The SMILES string of the molecule is NC(=O)[C@H](Cc1ccccc1)NC(=O)[C@H](O)[C@H](Cc1ccccc1)NC(=O)[C@@H]1CCCN1C(=O)[C@@H](N)Cc1ccc(O)cc1. The normalized spacial score (nSPS) is 17.2. The molecule has 0 unspecified atom stereocenters. The van der Waals surface area contributed by atoms with Crippen LogP contribution in [0.25, 0.3) is 0 Å². The molecule has 0 radical (unpaired) electrons. The number of likely N-dealkylation sites (tertiary alicyclic amines) is 1. The van der Waals surface area contributed by atoms with Crippen LogP contribution in [0.1, 0.15) is 29.5 Å². The van der Waals surface area contributed by atoms with Gasteiger partial charge in [-0.1, -0.05) is 72.8 Å². The van der Waals surface area contributed by atoms with Gasteiger partial charge in [-0.15, -0.1) is 0 Å². The van der Waals surface area contributed by atoms with E-state index in [0.29, 0.717) is 19.4 Å². The van der Waals surface area contributed by atoms with Gasteiger partial charge < -0.3 is 37.2 Å². The van der Waals surface area contributed by atoms with Crippen molar-refractivity contribution in [2.24, 2.45) is 11.5 Å². The minimum Gasteiger partial charge on any atom is -0.508 e. The number of phenolic OH excluding ortho intramolecular Hbond substituents is 1. The molecule has 4 rings (SSSR count). The lowest BCUT2D eigenvalue weighted by atomic mass is 9.99. The predicted molar refractivity (Wildman–Crippen MR) is 164 cm³/mol. The molecule has 0 bridgehead atoms. The summed E-state index contributed by atoms with van der Waals surface area (Å²) in [5.41, 5.74) is 14.1. The number of carbonyl (C=O) groups is 4. The Balaban J connectivity index is 1.46. The molecule has 0 aliphatic carbocycles. The van der Waals surface area contributed by atoms with Crippen LogP contribution in [0.4, 0.5) is 0 Å². The maximum Gasteiger partial charge on any atom is 0.251 e. The van der Waals surface area contributed by atoms with Gasteiger partial charge in [-0.25, -0.2) is 0 Å². The number of hydrogen-bond acceptors (Lipinski definition) is 7. The number of aliphatic hydroxyl groups excluding tert-OH is 1. The predicted octanol–water partition coefficient (Wildman–Crippen LogP) is 0.554. The van der Waals surface area contributed by atoms with Gasteiger partial charge in [0.05, 0.1) is 12.1 Å². The monoisotopic (exact) mass is 601 g/mol. The van der Waals surface area contributed by atoms with E-state index < -0.39 is 48.0 Å². The number of carbonyl (C=O) groups excluding carboxylic acids is 4. The van der Waals surface area contributed by atoms with Crippen LogP contribution in [0.2, 0.25) is 0 Å². The lowest BCUT2D eigenvalue weighted by molar-refractivity contribution is -0.141. The molecule has 44 heavy (non-hydrogen) atoms. The summed E-state index contributed by atoms with van der Waals surface area (Å²) in [5, 5.41) is 26.0. The summed E-state index contributed by atoms with van der Waals surface area (Å²) in [6.45, 7) is 0.340. The van der Waals surface area contributed by atoms with Crippen molar-refractivity contribution in [1.29, 1.82) is 0 Å². The number of rotatable bonds is 13. The first kappa shape index (κ1) is 32.2. The molecule has 3 aromatic carbocycles. The van der Waals surface area contributed by atoms with E-state index in [2.05, 4.69) is 10.6 Å². The molecule has 1 heterocycles. The maximum atomic E-state index is 13.6. The summed E-state index contributed by atoms with van der Waals surface area (Å²) < 4.78 is 0. The van der Waals surface area contributed by atoms with Crippen LogP contribution in [-0.2, 0) is 38.4 Å². The summed E-state index contributed by atoms with van der Waals surface area (Å²) >= 11 is 0. The number of nitrogens with two attached hydrogens (primary N) is 2. The summed E-state index contributed by atoms with van der Waals surface area (Å²) in [4.78, 5) is 53.7. The van der Waals surface area contributed by atoms with Gasteiger partial charge in [-0.2, -0.15) is 0 Å². The number of benzene rings is 3. The zero-order valence-corrected chi connectivity index (χ0v) is 24.3. The van der Waals surface area contributed by atoms with Crippen molar-refractivity contribution in [2.45, 2.75) is 62.4 Å². The Bertz CT molecular complexity index is 1420. The number of amides is 4. The van der Waals surface area contributed by atoms with E-state index in [-0.39, 0.29) is 30.9 Å². The van der Waals surface area contributed by atoms with E-state index in [4.69, 9.17) is 11.5 Å². The molecule has 1 aliphatic rings. The second-order valence-electron chi connectivity index (χ2n) is 11.1. The number of primary amides is 1. The molecule has 5 atom stereocenters. The van der Waals surface area contributed by atoms with Crippen LogP contribution in [0, 0.1) is 0 Å². The van der Waals surface area contributed by atoms with E-state index in [1.807, 2.05) is 12.1 Å². The van der Waals surface area contributed by atoms with Crippen molar-refractivity contribution < 1.29 is 29.4 Å². The highest BCUT2D eigenvalue weighted by Gasteiger charge is 2.38. The van der Waals surface area contributed by atoms with E-state index in [1.165, 1.54) is 17.0 Å². The second-order valence-corrected chi connectivity index (χ2v) is 11.1. The third-order valence-electron chi connectivity index (χ3n) is 7.77. The summed E-state index contributed by atoms with van der Waals surface area (Å²) in [6.07, 6.45) is -0.273. The fourth-order valence-electron chi connectivity index (χ4n) is 5.39. The highest BCUT2D eigenvalue weighted by Crippen LogP contribution is 2.21. The molecule has 1 fully saturated rings. The summed E-state index contributed by atoms with van der Waals surface area (Å²) in [7, 11) is 0. The van der Waals surface area contributed by atoms with Crippen molar-refractivity contribution in [1.82, 2.24) is 15.5 Å². The Hall–Kier alpha value is -4.74. The van der Waals surface area contributed by atoms with E-state index in [0.717, 1.165) is 16.7 Å². The van der Waals surface area contributed by atoms with Crippen LogP contribution in [-0.4, -0.2) is 75.6 Å². The van der Waals surface area contributed by atoms with Crippen LogP contribution in [0.15, 0.2) is 84.9 Å². The highest BCUT2D eigenvalue weighted by molar-refractivity contribution is 5.92. The van der Waals surface area contributed by atoms with Crippen molar-refractivity contribution in [3.8, 4) is 5.75 Å². The van der Waals surface area contributed by atoms with E-state index >= 15 is 0 Å². The van der Waals surface area contributed by atoms with Crippen LogP contribution in [0.5, 0.6) is 5.75 Å². The minimum atomic E-state index is -1.72. The van der Waals surface area contributed by atoms with Crippen molar-refractivity contribution in [3.05, 3.63) is 102 Å². The topological polar surface area (TPSA) is 188 Å². The molecule has 8 N–H and O–H groups in total. The molecule has 1 aliphatic heterocycles. The fraction of sp³-hybridized carbons (Fsp3) is 0.333. The van der Waals surface area contributed by atoms with Gasteiger partial charge in [-0.05, 0) is 54.5 Å². The standard InChI is InChI=1S/C33H39N5O6/c34-25(18-23-13-15-24(39)16-14-23)33(44)38-17-7-12-28(38)31(42)36-26(19-21-8-3-1-4-9-21)29(40)32(43)37-27(30(35)41)20-22-10-5-2-6-11-22/h1-6,8-11,13-16,25-29,39-40H,7,12,17-20,34H2,(H2,35,41)(H,36,42)(H,37,43)/t25-,26-,27-,28-,29+/m0/s1. The second kappa shape index (κ2) is 15.1. The number of aromatic hydroxyl groups is 1. The zero-order chi connectivity index (χ0) is 31.6. The van der Waals surface area contributed by atoms with Crippen LogP contribution in [0.3, 0.4) is 0 Å². The first-order valence-electron chi connectivity index (χ1n) is 14.6. The van der Waals surface area contributed by atoms with Gasteiger partial charge in [-0.3, -0.25) is 19.2 Å². The lowest BCUT2D eigenvalue weighted by Crippen LogP contribution is -2.58. The fourth-order valence-corrected chi connectivity index (χ4v) is 5.39. The van der Waals surface area contributed by atoms with Crippen molar-refractivity contribution >= 4 is 23.6 Å². The van der Waals surface area contributed by atoms with Gasteiger partial charge in [0.15, 0.2) is 6.10 Å². The highest BCUT2D eigenvalue weighted by atomic mass is 16.3. The van der Waals surface area contributed by atoms with Gasteiger partial charge >= 0.3 is 0 Å². The van der Waals surface area contributed by atoms with Gasteiger partial charge in [0.2, 0.25) is 17.7 Å². The number of aliphatic hydroxyl groups is 1. The Morgan fingerprint density at radius 2 is 1.39 bits per heavy atom. The third kappa shape index (κ3) is 8.65. The van der Waals surface area contributed by atoms with Crippen molar-refractivity contribution in [2.75, 3.05) is 6.54 Å². The molecule has 11 heteroatoms. The van der Waals surface area contributed by atoms with Crippen LogP contribution < -0.4 is 22.1 Å². The van der Waals surface area contributed by atoms with Crippen LogP contribution >= 0.6 is 0 Å². The molecule has 1 saturated heterocycles. The minimum absolute atomic E-state index is 0.104. The molecule has 0 saturated carbocycles. The Morgan fingerprint density at radius 3 is 1.98 bits per heavy atom. The Kier molecular flexibility index (Phi) is 11.1. The van der Waals surface area contributed by atoms with Gasteiger partial charge in [0, 0.05) is 13.0 Å². The number of phenols is 1. The van der Waals surface area contributed by atoms with Gasteiger partial charge in [0.1, 0.15) is 17.8 Å². The summed E-state index contributed by atoms with van der Waals surface area (Å²) in [5.74, 6) is -2.43. The van der Waals surface area contributed by atoms with Crippen molar-refractivity contribution in [3.63, 3.8) is 0 Å². The Morgan fingerprint density at radius 1 is 0.818 bits per heavy atom. The molecule has 232 valence electrons. The molecule has 0 spiro atoms. The smallest absolute Gasteiger partial charge is 0.251 e.